The minimum Gasteiger partial charge on any atom is -0.462 e. The van der Waals surface area contributed by atoms with Crippen LogP contribution >= 0.6 is 0 Å². The zero-order valence-electron chi connectivity index (χ0n) is 43.4. The molecule has 0 aliphatic rings. The van der Waals surface area contributed by atoms with Crippen molar-refractivity contribution in [3.05, 3.63) is 0 Å². The van der Waals surface area contributed by atoms with Crippen molar-refractivity contribution < 1.29 is 28.6 Å². The van der Waals surface area contributed by atoms with Crippen molar-refractivity contribution in [1.82, 2.24) is 0 Å². The summed E-state index contributed by atoms with van der Waals surface area (Å²) in [5.74, 6) is 1.69. The maximum atomic E-state index is 12.8. The fraction of sp³-hybridized carbons (Fsp3) is 0.947. The SMILES string of the molecule is CCC(C)CCCCCCCCCCCCCCCCC(=O)OC[C@H](COC(=O)CCCCCCCCCCCCC(C)C)OC(=O)CCCCCCCCCCCCCC(C)C. The van der Waals surface area contributed by atoms with E-state index < -0.39 is 6.10 Å². The van der Waals surface area contributed by atoms with Crippen molar-refractivity contribution in [3.8, 4) is 0 Å². The van der Waals surface area contributed by atoms with Crippen molar-refractivity contribution in [2.24, 2.45) is 17.8 Å². The predicted octanol–water partition coefficient (Wildman–Crippen LogP) is 18.3. The van der Waals surface area contributed by atoms with E-state index in [1.165, 1.54) is 193 Å². The van der Waals surface area contributed by atoms with Gasteiger partial charge in [0.05, 0.1) is 0 Å². The van der Waals surface area contributed by atoms with Crippen LogP contribution in [0.5, 0.6) is 0 Å². The third-order valence-electron chi connectivity index (χ3n) is 13.3. The third-order valence-corrected chi connectivity index (χ3v) is 13.3. The smallest absolute Gasteiger partial charge is 0.306 e. The van der Waals surface area contributed by atoms with Gasteiger partial charge < -0.3 is 14.2 Å². The molecule has 6 heteroatoms. The molecule has 374 valence electrons. The molecule has 0 heterocycles. The first-order chi connectivity index (χ1) is 30.6. The minimum absolute atomic E-state index is 0.0639. The van der Waals surface area contributed by atoms with E-state index in [1.807, 2.05) is 0 Å². The van der Waals surface area contributed by atoms with Crippen LogP contribution in [0.2, 0.25) is 0 Å². The molecule has 63 heavy (non-hydrogen) atoms. The largest absolute Gasteiger partial charge is 0.462 e. The quantitative estimate of drug-likeness (QED) is 0.0344. The molecule has 0 saturated heterocycles. The van der Waals surface area contributed by atoms with E-state index in [2.05, 4.69) is 41.5 Å². The first-order valence-electron chi connectivity index (χ1n) is 28.1. The lowest BCUT2D eigenvalue weighted by Gasteiger charge is -2.18. The summed E-state index contributed by atoms with van der Waals surface area (Å²) < 4.78 is 16.9. The summed E-state index contributed by atoms with van der Waals surface area (Å²) in [5.41, 5.74) is 0. The van der Waals surface area contributed by atoms with Crippen LogP contribution in [-0.2, 0) is 28.6 Å². The summed E-state index contributed by atoms with van der Waals surface area (Å²) in [7, 11) is 0. The molecule has 0 fully saturated rings. The van der Waals surface area contributed by atoms with E-state index in [1.54, 1.807) is 0 Å². The van der Waals surface area contributed by atoms with Crippen LogP contribution in [-0.4, -0.2) is 37.2 Å². The second-order valence-electron chi connectivity index (χ2n) is 20.8. The van der Waals surface area contributed by atoms with Crippen LogP contribution in [0.3, 0.4) is 0 Å². The van der Waals surface area contributed by atoms with Crippen molar-refractivity contribution in [3.63, 3.8) is 0 Å². The van der Waals surface area contributed by atoms with Crippen LogP contribution in [0.25, 0.3) is 0 Å². The number of rotatable bonds is 50. The highest BCUT2D eigenvalue weighted by atomic mass is 16.6. The van der Waals surface area contributed by atoms with Gasteiger partial charge in [0, 0.05) is 19.3 Å². The van der Waals surface area contributed by atoms with E-state index in [4.69, 9.17) is 14.2 Å². The summed E-state index contributed by atoms with van der Waals surface area (Å²) in [6.07, 6.45) is 49.4. The van der Waals surface area contributed by atoms with Crippen LogP contribution < -0.4 is 0 Å². The Hall–Kier alpha value is -1.59. The van der Waals surface area contributed by atoms with Gasteiger partial charge in [-0.05, 0) is 37.0 Å². The van der Waals surface area contributed by atoms with Crippen molar-refractivity contribution in [1.29, 1.82) is 0 Å². The summed E-state index contributed by atoms with van der Waals surface area (Å²) in [6, 6.07) is 0. The van der Waals surface area contributed by atoms with Gasteiger partial charge in [0.1, 0.15) is 13.2 Å². The Morgan fingerprint density at radius 2 is 0.556 bits per heavy atom. The molecule has 0 N–H and O–H groups in total. The fourth-order valence-corrected chi connectivity index (χ4v) is 8.61. The Bertz CT molecular complexity index is 978. The Morgan fingerprint density at radius 3 is 0.825 bits per heavy atom. The van der Waals surface area contributed by atoms with Crippen molar-refractivity contribution >= 4 is 17.9 Å². The van der Waals surface area contributed by atoms with E-state index in [0.29, 0.717) is 19.3 Å². The molecule has 0 amide bonds. The highest BCUT2D eigenvalue weighted by Gasteiger charge is 2.19. The predicted molar refractivity (Wildman–Crippen MR) is 270 cm³/mol. The third kappa shape index (κ3) is 49.7. The lowest BCUT2D eigenvalue weighted by atomic mass is 9.99. The molecule has 0 rings (SSSR count). The maximum Gasteiger partial charge on any atom is 0.306 e. The zero-order chi connectivity index (χ0) is 46.3. The number of hydrogen-bond donors (Lipinski definition) is 0. The topological polar surface area (TPSA) is 78.9 Å². The van der Waals surface area contributed by atoms with Gasteiger partial charge in [-0.3, -0.25) is 14.4 Å². The molecule has 0 bridgehead atoms. The van der Waals surface area contributed by atoms with E-state index >= 15 is 0 Å². The Morgan fingerprint density at radius 1 is 0.317 bits per heavy atom. The maximum absolute atomic E-state index is 12.8. The molecule has 0 aliphatic heterocycles. The fourth-order valence-electron chi connectivity index (χ4n) is 8.61. The number of carbonyl (C=O) groups is 3. The molecule has 1 unspecified atom stereocenters. The number of carbonyl (C=O) groups excluding carboxylic acids is 3. The molecule has 0 saturated carbocycles. The standard InChI is InChI=1S/C57H110O6/c1-7-53(6)45-39-33-27-21-14-10-8-9-11-15-22-28-34-40-46-55(58)61-49-54(50-62-56(59)47-41-35-29-23-18-17-20-26-32-38-44-52(4)5)63-57(60)48-42-36-30-24-16-12-13-19-25-31-37-43-51(2)3/h51-54H,7-50H2,1-6H3/t53?,54-/m1/s1. The van der Waals surface area contributed by atoms with E-state index in [0.717, 1.165) is 75.5 Å². The number of esters is 3. The van der Waals surface area contributed by atoms with Crippen LogP contribution in [0, 0.1) is 17.8 Å². The minimum atomic E-state index is -0.763. The zero-order valence-corrected chi connectivity index (χ0v) is 43.4. The normalized spacial score (nSPS) is 12.6. The Labute approximate surface area is 393 Å². The molecule has 6 nitrogen and oxygen atoms in total. The number of unbranched alkanes of at least 4 members (excludes halogenated alkanes) is 32. The van der Waals surface area contributed by atoms with E-state index in [-0.39, 0.29) is 31.1 Å². The monoisotopic (exact) mass is 891 g/mol. The lowest BCUT2D eigenvalue weighted by molar-refractivity contribution is -0.167. The molecule has 0 radical (unpaired) electrons. The summed E-state index contributed by atoms with van der Waals surface area (Å²) >= 11 is 0. The Kier molecular flexibility index (Phi) is 47.1. The number of hydrogen-bond acceptors (Lipinski definition) is 6. The molecule has 0 aromatic heterocycles. The molecule has 0 aromatic carbocycles. The van der Waals surface area contributed by atoms with Gasteiger partial charge >= 0.3 is 17.9 Å². The van der Waals surface area contributed by atoms with E-state index in [9.17, 15) is 14.4 Å². The second-order valence-corrected chi connectivity index (χ2v) is 20.8. The lowest BCUT2D eigenvalue weighted by Crippen LogP contribution is -2.30. The first kappa shape index (κ1) is 61.4. The second kappa shape index (κ2) is 48.3. The highest BCUT2D eigenvalue weighted by molar-refractivity contribution is 5.71. The molecular weight excluding hydrogens is 781 g/mol. The molecular formula is C57H110O6. The molecule has 2 atom stereocenters. The summed E-state index contributed by atoms with van der Waals surface area (Å²) in [4.78, 5) is 38.1. The van der Waals surface area contributed by atoms with Crippen LogP contribution in [0.15, 0.2) is 0 Å². The van der Waals surface area contributed by atoms with Gasteiger partial charge in [-0.15, -0.1) is 0 Å². The van der Waals surface area contributed by atoms with Gasteiger partial charge in [0.15, 0.2) is 6.10 Å². The average Bonchev–Trinajstić information content (AvgIpc) is 3.25. The highest BCUT2D eigenvalue weighted by Crippen LogP contribution is 2.19. The van der Waals surface area contributed by atoms with Gasteiger partial charge in [0.2, 0.25) is 0 Å². The molecule has 0 aromatic rings. The summed E-state index contributed by atoms with van der Waals surface area (Å²) in [5, 5.41) is 0. The van der Waals surface area contributed by atoms with Crippen LogP contribution in [0.1, 0.15) is 311 Å². The average molecular weight is 892 g/mol. The first-order valence-corrected chi connectivity index (χ1v) is 28.1. The van der Waals surface area contributed by atoms with Gasteiger partial charge in [-0.25, -0.2) is 0 Å². The van der Waals surface area contributed by atoms with Gasteiger partial charge in [0.25, 0.3) is 0 Å². The van der Waals surface area contributed by atoms with Crippen molar-refractivity contribution in [2.75, 3.05) is 13.2 Å². The molecule has 0 spiro atoms. The van der Waals surface area contributed by atoms with Crippen molar-refractivity contribution in [2.45, 2.75) is 317 Å². The van der Waals surface area contributed by atoms with Gasteiger partial charge in [-0.1, -0.05) is 273 Å². The summed E-state index contributed by atoms with van der Waals surface area (Å²) in [6.45, 7) is 13.8. The van der Waals surface area contributed by atoms with Gasteiger partial charge in [-0.2, -0.15) is 0 Å². The molecule has 0 aliphatic carbocycles. The van der Waals surface area contributed by atoms with Crippen LogP contribution in [0.4, 0.5) is 0 Å². The Balaban J connectivity index is 4.30. The number of ether oxygens (including phenoxy) is 3.